The van der Waals surface area contributed by atoms with Crippen LogP contribution in [-0.4, -0.2) is 47.0 Å². The average Bonchev–Trinajstić information content (AvgIpc) is 2.72. The van der Waals surface area contributed by atoms with Crippen LogP contribution in [0.5, 0.6) is 0 Å². The first-order chi connectivity index (χ1) is 16.2. The third-order valence-electron chi connectivity index (χ3n) is 5.40. The highest BCUT2D eigenvalue weighted by molar-refractivity contribution is 5.91. The molecule has 0 aromatic heterocycles. The van der Waals surface area contributed by atoms with E-state index in [4.69, 9.17) is 4.74 Å². The molecule has 0 aliphatic rings. The molecule has 0 saturated heterocycles. The Morgan fingerprint density at radius 2 is 1.54 bits per heavy atom. The van der Waals surface area contributed by atoms with Crippen LogP contribution in [0.4, 0.5) is 4.79 Å². The second-order valence-corrected chi connectivity index (χ2v) is 11.2. The monoisotopic (exact) mass is 489 g/mol. The minimum absolute atomic E-state index is 0.233. The van der Waals surface area contributed by atoms with Crippen LogP contribution in [0.15, 0.2) is 24.3 Å². The molecule has 3 amide bonds. The smallest absolute Gasteiger partial charge is 0.408 e. The van der Waals surface area contributed by atoms with Crippen molar-refractivity contribution in [1.82, 2.24) is 15.5 Å². The number of alkyl carbamates (subject to hydrolysis) is 1. The van der Waals surface area contributed by atoms with Gasteiger partial charge in [0.2, 0.25) is 11.8 Å². The van der Waals surface area contributed by atoms with Gasteiger partial charge in [-0.15, -0.1) is 0 Å². The number of nitrogens with zero attached hydrogens (tertiary/aromatic N) is 1. The lowest BCUT2D eigenvalue weighted by Gasteiger charge is -2.34. The predicted molar refractivity (Wildman–Crippen MR) is 141 cm³/mol. The molecule has 1 aromatic rings. The predicted octanol–water partition coefficient (Wildman–Crippen LogP) is 5.66. The quantitative estimate of drug-likeness (QED) is 0.371. The number of carbonyl (C=O) groups excluding carboxylic acids is 3. The number of amides is 3. The van der Waals surface area contributed by atoms with Crippen molar-refractivity contribution in [2.45, 2.75) is 111 Å². The number of carbonyl (C=O) groups is 3. The first-order valence-electron chi connectivity index (χ1n) is 12.9. The van der Waals surface area contributed by atoms with Crippen LogP contribution >= 0.6 is 0 Å². The summed E-state index contributed by atoms with van der Waals surface area (Å²) in [6.45, 7) is 15.4. The first-order valence-corrected chi connectivity index (χ1v) is 12.9. The maximum absolute atomic E-state index is 13.5. The van der Waals surface area contributed by atoms with Gasteiger partial charge in [-0.3, -0.25) is 9.59 Å². The van der Waals surface area contributed by atoms with Gasteiger partial charge in [-0.2, -0.15) is 0 Å². The second kappa shape index (κ2) is 14.1. The third-order valence-corrected chi connectivity index (χ3v) is 5.40. The number of benzene rings is 1. The third kappa shape index (κ3) is 12.1. The Kier molecular flexibility index (Phi) is 12.3. The summed E-state index contributed by atoms with van der Waals surface area (Å²) in [5, 5.41) is 5.61. The fourth-order valence-corrected chi connectivity index (χ4v) is 3.81. The maximum atomic E-state index is 13.5. The summed E-state index contributed by atoms with van der Waals surface area (Å²) in [5.74, 6) is -0.551. The normalized spacial score (nSPS) is 12.6. The molecule has 0 fully saturated rings. The molecule has 0 aliphatic heterocycles. The Balaban J connectivity index is 3.19. The molecule has 198 valence electrons. The molecule has 7 nitrogen and oxygen atoms in total. The average molecular weight is 490 g/mol. The van der Waals surface area contributed by atoms with Gasteiger partial charge >= 0.3 is 6.09 Å². The van der Waals surface area contributed by atoms with E-state index in [-0.39, 0.29) is 18.4 Å². The second-order valence-electron chi connectivity index (χ2n) is 11.2. The molecule has 1 unspecified atom stereocenters. The van der Waals surface area contributed by atoms with E-state index in [0.717, 1.165) is 36.8 Å². The molecular weight excluding hydrogens is 442 g/mol. The van der Waals surface area contributed by atoms with Crippen LogP contribution in [-0.2, 0) is 14.3 Å². The van der Waals surface area contributed by atoms with E-state index < -0.39 is 23.3 Å². The fraction of sp³-hybridized carbons (Fsp3) is 0.679. The lowest BCUT2D eigenvalue weighted by molar-refractivity contribution is -0.141. The Labute approximate surface area is 212 Å². The van der Waals surface area contributed by atoms with Crippen LogP contribution in [0.25, 0.3) is 0 Å². The van der Waals surface area contributed by atoms with Crippen molar-refractivity contribution < 1.29 is 19.1 Å². The zero-order valence-corrected chi connectivity index (χ0v) is 23.1. The minimum Gasteiger partial charge on any atom is -0.444 e. The van der Waals surface area contributed by atoms with Crippen molar-refractivity contribution >= 4 is 17.9 Å². The highest BCUT2D eigenvalue weighted by Gasteiger charge is 2.34. The van der Waals surface area contributed by atoms with E-state index in [9.17, 15) is 14.4 Å². The molecule has 1 rings (SSSR count). The van der Waals surface area contributed by atoms with E-state index in [0.29, 0.717) is 6.54 Å². The van der Waals surface area contributed by atoms with Crippen molar-refractivity contribution in [3.63, 3.8) is 0 Å². The lowest BCUT2D eigenvalue weighted by Crippen LogP contribution is -2.51. The van der Waals surface area contributed by atoms with Gasteiger partial charge in [-0.25, -0.2) is 4.79 Å². The van der Waals surface area contributed by atoms with Crippen molar-refractivity contribution in [1.29, 1.82) is 0 Å². The zero-order chi connectivity index (χ0) is 26.6. The topological polar surface area (TPSA) is 87.7 Å². The Bertz CT molecular complexity index is 824. The van der Waals surface area contributed by atoms with Crippen molar-refractivity contribution in [3.05, 3.63) is 35.4 Å². The molecular formula is C28H47N3O4. The number of nitrogens with one attached hydrogen (secondary N) is 2. The summed E-state index contributed by atoms with van der Waals surface area (Å²) in [6, 6.07) is 6.84. The van der Waals surface area contributed by atoms with E-state index in [1.807, 2.05) is 52.0 Å². The molecule has 35 heavy (non-hydrogen) atoms. The first kappa shape index (κ1) is 30.5. The summed E-state index contributed by atoms with van der Waals surface area (Å²) < 4.78 is 5.28. The molecule has 0 spiro atoms. The minimum atomic E-state index is -0.793. The van der Waals surface area contributed by atoms with Gasteiger partial charge in [0.25, 0.3) is 0 Å². The molecule has 0 radical (unpaired) electrons. The van der Waals surface area contributed by atoms with Crippen LogP contribution in [0, 0.1) is 6.92 Å². The van der Waals surface area contributed by atoms with Gasteiger partial charge in [0.1, 0.15) is 18.2 Å². The number of rotatable bonds is 12. The van der Waals surface area contributed by atoms with Gasteiger partial charge < -0.3 is 20.3 Å². The summed E-state index contributed by atoms with van der Waals surface area (Å²) in [4.78, 5) is 40.8. The number of hydrogen-bond donors (Lipinski definition) is 2. The number of hydrogen-bond acceptors (Lipinski definition) is 4. The summed E-state index contributed by atoms with van der Waals surface area (Å²) in [6.07, 6.45) is 5.73. The van der Waals surface area contributed by atoms with Gasteiger partial charge in [0, 0.05) is 12.1 Å². The van der Waals surface area contributed by atoms with Crippen molar-refractivity contribution in [2.75, 3.05) is 13.1 Å². The van der Waals surface area contributed by atoms with Crippen LogP contribution in [0.1, 0.15) is 104 Å². The lowest BCUT2D eigenvalue weighted by atomic mass is 9.97. The van der Waals surface area contributed by atoms with E-state index >= 15 is 0 Å². The van der Waals surface area contributed by atoms with E-state index in [1.54, 1.807) is 25.7 Å². The fourth-order valence-electron chi connectivity index (χ4n) is 3.81. The summed E-state index contributed by atoms with van der Waals surface area (Å²) >= 11 is 0. The highest BCUT2D eigenvalue weighted by Crippen LogP contribution is 2.26. The molecule has 0 heterocycles. The largest absolute Gasteiger partial charge is 0.444 e. The molecule has 0 bridgehead atoms. The Morgan fingerprint density at radius 3 is 2.11 bits per heavy atom. The van der Waals surface area contributed by atoms with Gasteiger partial charge in [-0.05, 0) is 66.0 Å². The van der Waals surface area contributed by atoms with E-state index in [1.165, 1.54) is 12.8 Å². The number of unbranched alkanes of at least 4 members (excludes halogenated alkanes) is 5. The highest BCUT2D eigenvalue weighted by atomic mass is 16.6. The van der Waals surface area contributed by atoms with Crippen molar-refractivity contribution in [3.8, 4) is 0 Å². The standard InChI is InChI=1S/C28H47N3O4/c1-9-10-11-12-13-16-19-31(23(32)20-29-26(34)35-28(6,7)8)24(25(33)30-27(3,4)5)22-18-15-14-17-21(22)2/h14-15,17-18,24H,9-13,16,19-20H2,1-8H3,(H,29,34)(H,30,33). The SMILES string of the molecule is CCCCCCCCN(C(=O)CNC(=O)OC(C)(C)C)C(C(=O)NC(C)(C)C)c1ccccc1C. The van der Waals surface area contributed by atoms with Crippen molar-refractivity contribution in [2.24, 2.45) is 0 Å². The summed E-state index contributed by atoms with van der Waals surface area (Å²) in [5.41, 5.74) is 0.594. The molecule has 0 aliphatic carbocycles. The Morgan fingerprint density at radius 1 is 0.943 bits per heavy atom. The Hall–Kier alpha value is -2.57. The summed E-state index contributed by atoms with van der Waals surface area (Å²) in [7, 11) is 0. The van der Waals surface area contributed by atoms with E-state index in [2.05, 4.69) is 17.6 Å². The maximum Gasteiger partial charge on any atom is 0.408 e. The number of ether oxygens (including phenoxy) is 1. The molecule has 1 aromatic carbocycles. The van der Waals surface area contributed by atoms with Gasteiger partial charge in [0.05, 0.1) is 0 Å². The van der Waals surface area contributed by atoms with Crippen LogP contribution in [0.2, 0.25) is 0 Å². The molecule has 2 N–H and O–H groups in total. The van der Waals surface area contributed by atoms with Gasteiger partial charge in [-0.1, -0.05) is 63.3 Å². The van der Waals surface area contributed by atoms with Crippen LogP contribution < -0.4 is 10.6 Å². The number of aryl methyl sites for hydroxylation is 1. The van der Waals surface area contributed by atoms with Gasteiger partial charge in [0.15, 0.2) is 0 Å². The van der Waals surface area contributed by atoms with Crippen LogP contribution in [0.3, 0.4) is 0 Å². The molecule has 7 heteroatoms. The molecule has 1 atom stereocenters. The molecule has 0 saturated carbocycles. The zero-order valence-electron chi connectivity index (χ0n) is 23.1.